The molecular formula is C13H27N3. The summed E-state index contributed by atoms with van der Waals surface area (Å²) in [5.41, 5.74) is 0. The molecule has 94 valence electrons. The SMILES string of the molecule is CCC(C)N1CCN(CCNC2CC2)CC1. The second-order valence-corrected chi connectivity index (χ2v) is 5.36. The van der Waals surface area contributed by atoms with Gasteiger partial charge in [-0.1, -0.05) is 6.92 Å². The third-order valence-corrected chi connectivity index (χ3v) is 4.06. The molecule has 0 aromatic rings. The zero-order chi connectivity index (χ0) is 11.4. The first-order valence-electron chi connectivity index (χ1n) is 6.99. The van der Waals surface area contributed by atoms with Gasteiger partial charge in [-0.05, 0) is 26.2 Å². The molecule has 1 atom stereocenters. The average Bonchev–Trinajstić information content (AvgIpc) is 3.13. The summed E-state index contributed by atoms with van der Waals surface area (Å²) in [6.07, 6.45) is 4.09. The highest BCUT2D eigenvalue weighted by Gasteiger charge is 2.22. The number of nitrogens with one attached hydrogen (secondary N) is 1. The molecule has 0 aromatic carbocycles. The first kappa shape index (κ1) is 12.3. The predicted molar refractivity (Wildman–Crippen MR) is 68.8 cm³/mol. The van der Waals surface area contributed by atoms with Gasteiger partial charge in [0.05, 0.1) is 0 Å². The van der Waals surface area contributed by atoms with E-state index in [-0.39, 0.29) is 0 Å². The van der Waals surface area contributed by atoms with Crippen LogP contribution in [0.3, 0.4) is 0 Å². The molecule has 1 aliphatic heterocycles. The molecule has 0 aromatic heterocycles. The van der Waals surface area contributed by atoms with Gasteiger partial charge in [0.2, 0.25) is 0 Å². The first-order valence-corrected chi connectivity index (χ1v) is 6.99. The van der Waals surface area contributed by atoms with Crippen LogP contribution in [0.4, 0.5) is 0 Å². The van der Waals surface area contributed by atoms with Crippen molar-refractivity contribution < 1.29 is 0 Å². The second kappa shape index (κ2) is 5.99. The summed E-state index contributed by atoms with van der Waals surface area (Å²) in [5.74, 6) is 0. The van der Waals surface area contributed by atoms with E-state index >= 15 is 0 Å². The third kappa shape index (κ3) is 3.72. The zero-order valence-electron chi connectivity index (χ0n) is 10.9. The van der Waals surface area contributed by atoms with E-state index in [4.69, 9.17) is 0 Å². The minimum Gasteiger partial charge on any atom is -0.313 e. The monoisotopic (exact) mass is 225 g/mol. The molecule has 2 fully saturated rings. The van der Waals surface area contributed by atoms with Crippen molar-refractivity contribution in [3.63, 3.8) is 0 Å². The standard InChI is InChI=1S/C13H27N3/c1-3-12(2)16-10-8-15(9-11-16)7-6-14-13-4-5-13/h12-14H,3-11H2,1-2H3. The number of rotatable bonds is 6. The second-order valence-electron chi connectivity index (χ2n) is 5.36. The Kier molecular flexibility index (Phi) is 4.62. The van der Waals surface area contributed by atoms with Gasteiger partial charge in [-0.15, -0.1) is 0 Å². The molecule has 0 radical (unpaired) electrons. The van der Waals surface area contributed by atoms with Crippen molar-refractivity contribution in [3.05, 3.63) is 0 Å². The lowest BCUT2D eigenvalue weighted by molar-refractivity contribution is 0.101. The van der Waals surface area contributed by atoms with Crippen LogP contribution in [-0.4, -0.2) is 61.2 Å². The summed E-state index contributed by atoms with van der Waals surface area (Å²) >= 11 is 0. The Morgan fingerprint density at radius 1 is 1.19 bits per heavy atom. The molecule has 1 heterocycles. The number of piperazine rings is 1. The smallest absolute Gasteiger partial charge is 0.0113 e. The summed E-state index contributed by atoms with van der Waals surface area (Å²) in [5, 5.41) is 3.59. The van der Waals surface area contributed by atoms with Crippen LogP contribution in [0.1, 0.15) is 33.1 Å². The van der Waals surface area contributed by atoms with Crippen molar-refractivity contribution in [1.29, 1.82) is 0 Å². The maximum atomic E-state index is 3.59. The van der Waals surface area contributed by atoms with Crippen LogP contribution in [0.15, 0.2) is 0 Å². The lowest BCUT2D eigenvalue weighted by Crippen LogP contribution is -2.50. The van der Waals surface area contributed by atoms with Gasteiger partial charge in [0, 0.05) is 51.4 Å². The molecule has 3 nitrogen and oxygen atoms in total. The fourth-order valence-electron chi connectivity index (χ4n) is 2.40. The quantitative estimate of drug-likeness (QED) is 0.732. The van der Waals surface area contributed by atoms with Crippen LogP contribution < -0.4 is 5.32 Å². The van der Waals surface area contributed by atoms with Gasteiger partial charge in [0.1, 0.15) is 0 Å². The van der Waals surface area contributed by atoms with E-state index in [1.54, 1.807) is 0 Å². The maximum absolute atomic E-state index is 3.59. The van der Waals surface area contributed by atoms with Crippen molar-refractivity contribution >= 4 is 0 Å². The molecule has 2 aliphatic rings. The van der Waals surface area contributed by atoms with E-state index in [0.29, 0.717) is 0 Å². The van der Waals surface area contributed by atoms with Crippen molar-refractivity contribution in [3.8, 4) is 0 Å². The van der Waals surface area contributed by atoms with Crippen LogP contribution in [0.2, 0.25) is 0 Å². The molecule has 16 heavy (non-hydrogen) atoms. The average molecular weight is 225 g/mol. The van der Waals surface area contributed by atoms with Gasteiger partial charge in [0.15, 0.2) is 0 Å². The lowest BCUT2D eigenvalue weighted by Gasteiger charge is -2.37. The van der Waals surface area contributed by atoms with Gasteiger partial charge >= 0.3 is 0 Å². The van der Waals surface area contributed by atoms with Crippen molar-refractivity contribution in [2.75, 3.05) is 39.3 Å². The van der Waals surface area contributed by atoms with E-state index in [0.717, 1.165) is 12.1 Å². The maximum Gasteiger partial charge on any atom is 0.0113 e. The summed E-state index contributed by atoms with van der Waals surface area (Å²) < 4.78 is 0. The van der Waals surface area contributed by atoms with Crippen LogP contribution in [0.5, 0.6) is 0 Å². The van der Waals surface area contributed by atoms with Gasteiger partial charge < -0.3 is 5.32 Å². The Morgan fingerprint density at radius 3 is 2.44 bits per heavy atom. The topological polar surface area (TPSA) is 18.5 Å². The third-order valence-electron chi connectivity index (χ3n) is 4.06. The summed E-state index contributed by atoms with van der Waals surface area (Å²) in [7, 11) is 0. The van der Waals surface area contributed by atoms with Crippen molar-refractivity contribution in [1.82, 2.24) is 15.1 Å². The van der Waals surface area contributed by atoms with E-state index in [9.17, 15) is 0 Å². The van der Waals surface area contributed by atoms with Crippen molar-refractivity contribution in [2.24, 2.45) is 0 Å². The van der Waals surface area contributed by atoms with E-state index in [2.05, 4.69) is 29.0 Å². The summed E-state index contributed by atoms with van der Waals surface area (Å²) in [6.45, 7) is 12.1. The van der Waals surface area contributed by atoms with Gasteiger partial charge in [0.25, 0.3) is 0 Å². The fraction of sp³-hybridized carbons (Fsp3) is 1.00. The molecule has 3 heteroatoms. The number of hydrogen-bond donors (Lipinski definition) is 1. The number of hydrogen-bond acceptors (Lipinski definition) is 3. The van der Waals surface area contributed by atoms with Gasteiger partial charge in [-0.3, -0.25) is 9.80 Å². The highest BCUT2D eigenvalue weighted by molar-refractivity contribution is 4.82. The predicted octanol–water partition coefficient (Wildman–Crippen LogP) is 1.15. The molecule has 1 saturated carbocycles. The van der Waals surface area contributed by atoms with Crippen LogP contribution in [0, 0.1) is 0 Å². The van der Waals surface area contributed by atoms with Crippen LogP contribution >= 0.6 is 0 Å². The first-order chi connectivity index (χ1) is 7.79. The molecule has 1 unspecified atom stereocenters. The number of nitrogens with zero attached hydrogens (tertiary/aromatic N) is 2. The zero-order valence-corrected chi connectivity index (χ0v) is 10.9. The lowest BCUT2D eigenvalue weighted by atomic mass is 10.2. The highest BCUT2D eigenvalue weighted by Crippen LogP contribution is 2.18. The van der Waals surface area contributed by atoms with E-state index in [1.165, 1.54) is 58.5 Å². The summed E-state index contributed by atoms with van der Waals surface area (Å²) in [6, 6.07) is 1.63. The van der Waals surface area contributed by atoms with E-state index < -0.39 is 0 Å². The Labute approximate surface area is 100 Å². The van der Waals surface area contributed by atoms with Crippen LogP contribution in [-0.2, 0) is 0 Å². The molecule has 1 saturated heterocycles. The normalized spacial score (nSPS) is 25.9. The molecule has 0 bridgehead atoms. The Bertz CT molecular complexity index is 195. The Morgan fingerprint density at radius 2 is 1.88 bits per heavy atom. The minimum absolute atomic E-state index is 0.770. The Balaban J connectivity index is 1.56. The van der Waals surface area contributed by atoms with Crippen molar-refractivity contribution in [2.45, 2.75) is 45.2 Å². The molecule has 0 amide bonds. The van der Waals surface area contributed by atoms with Crippen LogP contribution in [0.25, 0.3) is 0 Å². The molecular weight excluding hydrogens is 198 g/mol. The van der Waals surface area contributed by atoms with E-state index in [1.807, 2.05) is 0 Å². The molecule has 2 rings (SSSR count). The summed E-state index contributed by atoms with van der Waals surface area (Å²) in [4.78, 5) is 5.24. The molecule has 1 N–H and O–H groups in total. The molecule has 1 aliphatic carbocycles. The largest absolute Gasteiger partial charge is 0.313 e. The Hall–Kier alpha value is -0.120. The van der Waals surface area contributed by atoms with Gasteiger partial charge in [-0.2, -0.15) is 0 Å². The molecule has 0 spiro atoms. The highest BCUT2D eigenvalue weighted by atomic mass is 15.3. The fourth-order valence-corrected chi connectivity index (χ4v) is 2.40. The van der Waals surface area contributed by atoms with Gasteiger partial charge in [-0.25, -0.2) is 0 Å². The minimum atomic E-state index is 0.770.